The Morgan fingerprint density at radius 3 is 2.35 bits per heavy atom. The lowest BCUT2D eigenvalue weighted by Crippen LogP contribution is -2.46. The van der Waals surface area contributed by atoms with E-state index >= 15 is 0 Å². The van der Waals surface area contributed by atoms with Gasteiger partial charge in [0.05, 0.1) is 22.3 Å². The molecule has 1 aromatic carbocycles. The molecular weight excluding hydrogens is 488 g/mol. The number of rotatable bonds is 6. The minimum absolute atomic E-state index is 0.0404. The summed E-state index contributed by atoms with van der Waals surface area (Å²) in [6, 6.07) is 0.128. The number of amides is 1. The second-order valence-corrected chi connectivity index (χ2v) is 10.9. The van der Waals surface area contributed by atoms with E-state index in [1.54, 1.807) is 20.8 Å². The Labute approximate surface area is 194 Å². The molecule has 0 fully saturated rings. The largest absolute Gasteiger partial charge is 0.451 e. The third kappa shape index (κ3) is 5.95. The number of aromatic nitrogens is 3. The van der Waals surface area contributed by atoms with Gasteiger partial charge in [-0.15, -0.1) is 10.2 Å². The van der Waals surface area contributed by atoms with Gasteiger partial charge >= 0.3 is 6.18 Å². The number of halogens is 6. The molecular formula is C20H23F6N5O2S. The Bertz CT molecular complexity index is 1100. The maximum Gasteiger partial charge on any atom is 0.451 e. The van der Waals surface area contributed by atoms with Crippen LogP contribution < -0.4 is 4.72 Å². The highest BCUT2D eigenvalue weighted by molar-refractivity contribution is 7.84. The number of alkyl halides is 3. The molecule has 1 aromatic heterocycles. The zero-order valence-electron chi connectivity index (χ0n) is 18.5. The van der Waals surface area contributed by atoms with Crippen LogP contribution in [0.5, 0.6) is 0 Å². The Morgan fingerprint density at radius 1 is 1.09 bits per heavy atom. The second-order valence-electron chi connectivity index (χ2n) is 8.87. The molecule has 7 nitrogen and oxygen atoms in total. The molecule has 2 aromatic rings. The van der Waals surface area contributed by atoms with E-state index in [2.05, 4.69) is 14.9 Å². The summed E-state index contributed by atoms with van der Waals surface area (Å²) in [4.78, 5) is 14.2. The molecule has 0 aliphatic carbocycles. The molecule has 1 N–H and O–H groups in total. The zero-order chi connectivity index (χ0) is 25.4. The van der Waals surface area contributed by atoms with Crippen molar-refractivity contribution in [3.8, 4) is 0 Å². The van der Waals surface area contributed by atoms with Crippen LogP contribution in [-0.2, 0) is 41.5 Å². The Morgan fingerprint density at radius 2 is 1.74 bits per heavy atom. The van der Waals surface area contributed by atoms with Crippen LogP contribution in [0.4, 0.5) is 26.3 Å². The van der Waals surface area contributed by atoms with Crippen molar-refractivity contribution in [2.45, 2.75) is 63.7 Å². The molecule has 34 heavy (non-hydrogen) atoms. The number of carbonyl (C=O) groups excluding carboxylic acids is 1. The predicted molar refractivity (Wildman–Crippen MR) is 110 cm³/mol. The van der Waals surface area contributed by atoms with E-state index in [1.165, 1.54) is 4.90 Å². The van der Waals surface area contributed by atoms with Gasteiger partial charge in [-0.1, -0.05) is 0 Å². The highest BCUT2D eigenvalue weighted by Gasteiger charge is 2.40. The molecule has 0 spiro atoms. The van der Waals surface area contributed by atoms with Gasteiger partial charge in [-0.05, 0) is 38.8 Å². The van der Waals surface area contributed by atoms with Crippen LogP contribution in [0.1, 0.15) is 44.4 Å². The summed E-state index contributed by atoms with van der Waals surface area (Å²) in [5.74, 6) is -5.37. The number of fused-ring (bicyclic) bond motifs is 1. The molecule has 0 bridgehead atoms. The van der Waals surface area contributed by atoms with Crippen LogP contribution in [0.25, 0.3) is 0 Å². The molecule has 0 saturated carbocycles. The molecule has 2 heterocycles. The van der Waals surface area contributed by atoms with E-state index < -0.39 is 57.1 Å². The van der Waals surface area contributed by atoms with Gasteiger partial charge in [0.2, 0.25) is 11.7 Å². The van der Waals surface area contributed by atoms with Crippen molar-refractivity contribution in [1.82, 2.24) is 24.4 Å². The SMILES string of the molecule is CC(C)(C)S(=O)NC(CC(=O)N1CCn2c(nnc2C(F)(F)F)C1)Cc1cc(F)c(F)cc1F. The van der Waals surface area contributed by atoms with Gasteiger partial charge in [-0.3, -0.25) is 4.79 Å². The molecule has 1 aliphatic heterocycles. The van der Waals surface area contributed by atoms with E-state index in [1.807, 2.05) is 0 Å². The summed E-state index contributed by atoms with van der Waals surface area (Å²) >= 11 is 0. The van der Waals surface area contributed by atoms with Gasteiger partial charge in [0.1, 0.15) is 5.82 Å². The molecule has 3 rings (SSSR count). The Hall–Kier alpha value is -2.48. The standard InChI is InChI=1S/C20H23F6N5O2S/c1-19(2,3)34(33)29-12(6-11-7-14(22)15(23)9-13(11)21)8-17(32)30-4-5-31-16(10-30)27-28-18(31)20(24,25)26/h7,9,12,29H,4-6,8,10H2,1-3H3. The molecule has 2 atom stereocenters. The molecule has 0 saturated heterocycles. The average Bonchev–Trinajstić information content (AvgIpc) is 3.14. The maximum absolute atomic E-state index is 14.2. The summed E-state index contributed by atoms with van der Waals surface area (Å²) in [7, 11) is -1.68. The van der Waals surface area contributed by atoms with E-state index in [9.17, 15) is 35.3 Å². The van der Waals surface area contributed by atoms with Crippen LogP contribution in [0.15, 0.2) is 12.1 Å². The number of hydrogen-bond donors (Lipinski definition) is 1. The molecule has 2 unspecified atom stereocenters. The lowest BCUT2D eigenvalue weighted by molar-refractivity contribution is -0.148. The fourth-order valence-corrected chi connectivity index (χ4v) is 4.21. The fourth-order valence-electron chi connectivity index (χ4n) is 3.39. The number of carbonyl (C=O) groups is 1. The molecule has 14 heteroatoms. The van der Waals surface area contributed by atoms with Gasteiger partial charge in [0, 0.05) is 31.6 Å². The Kier molecular flexibility index (Phi) is 7.41. The Balaban J connectivity index is 1.78. The van der Waals surface area contributed by atoms with Crippen LogP contribution in [-0.4, -0.2) is 47.1 Å². The summed E-state index contributed by atoms with van der Waals surface area (Å²) in [5.41, 5.74) is -0.219. The maximum atomic E-state index is 14.2. The monoisotopic (exact) mass is 511 g/mol. The summed E-state index contributed by atoms with van der Waals surface area (Å²) in [6.45, 7) is 4.55. The lowest BCUT2D eigenvalue weighted by atomic mass is 10.0. The van der Waals surface area contributed by atoms with Crippen molar-refractivity contribution >= 4 is 16.9 Å². The van der Waals surface area contributed by atoms with Crippen LogP contribution in [0, 0.1) is 17.5 Å². The third-order valence-corrected chi connectivity index (χ3v) is 6.83. The average molecular weight is 511 g/mol. The highest BCUT2D eigenvalue weighted by atomic mass is 32.2. The minimum atomic E-state index is -4.68. The highest BCUT2D eigenvalue weighted by Crippen LogP contribution is 2.29. The van der Waals surface area contributed by atoms with E-state index in [0.717, 1.165) is 4.57 Å². The van der Waals surface area contributed by atoms with Crippen LogP contribution in [0.2, 0.25) is 0 Å². The summed E-state index contributed by atoms with van der Waals surface area (Å²) in [5, 5.41) is 6.68. The normalized spacial score (nSPS) is 16.3. The van der Waals surface area contributed by atoms with Crippen molar-refractivity contribution in [1.29, 1.82) is 0 Å². The van der Waals surface area contributed by atoms with E-state index in [-0.39, 0.29) is 43.9 Å². The molecule has 1 amide bonds. The number of benzene rings is 1. The van der Waals surface area contributed by atoms with Gasteiger partial charge in [0.15, 0.2) is 17.5 Å². The number of nitrogens with one attached hydrogen (secondary N) is 1. The molecule has 0 radical (unpaired) electrons. The first kappa shape index (κ1) is 26.1. The number of nitrogens with zero attached hydrogens (tertiary/aromatic N) is 4. The first-order chi connectivity index (χ1) is 15.7. The molecule has 1 aliphatic rings. The number of hydrogen-bond acceptors (Lipinski definition) is 4. The lowest BCUT2D eigenvalue weighted by Gasteiger charge is -2.30. The second kappa shape index (κ2) is 9.64. The zero-order valence-corrected chi connectivity index (χ0v) is 19.4. The topological polar surface area (TPSA) is 80.1 Å². The van der Waals surface area contributed by atoms with Crippen molar-refractivity contribution in [2.24, 2.45) is 0 Å². The van der Waals surface area contributed by atoms with Gasteiger partial charge < -0.3 is 9.47 Å². The van der Waals surface area contributed by atoms with Crippen molar-refractivity contribution in [3.63, 3.8) is 0 Å². The predicted octanol–water partition coefficient (Wildman–Crippen LogP) is 3.11. The fraction of sp³-hybridized carbons (Fsp3) is 0.550. The van der Waals surface area contributed by atoms with Crippen molar-refractivity contribution in [2.75, 3.05) is 6.54 Å². The summed E-state index contributed by atoms with van der Waals surface area (Å²) < 4.78 is 95.7. The van der Waals surface area contributed by atoms with Crippen molar-refractivity contribution < 1.29 is 35.3 Å². The van der Waals surface area contributed by atoms with E-state index in [4.69, 9.17) is 0 Å². The third-order valence-electron chi connectivity index (χ3n) is 5.17. The summed E-state index contributed by atoms with van der Waals surface area (Å²) in [6.07, 6.45) is -5.28. The quantitative estimate of drug-likeness (QED) is 0.478. The van der Waals surface area contributed by atoms with Gasteiger partial charge in [-0.2, -0.15) is 13.2 Å². The molecule has 188 valence electrons. The first-order valence-corrected chi connectivity index (χ1v) is 11.4. The van der Waals surface area contributed by atoms with E-state index in [0.29, 0.717) is 12.1 Å². The van der Waals surface area contributed by atoms with Crippen LogP contribution in [0.3, 0.4) is 0 Å². The first-order valence-electron chi connectivity index (χ1n) is 10.3. The van der Waals surface area contributed by atoms with Crippen LogP contribution >= 0.6 is 0 Å². The smallest absolute Gasteiger partial charge is 0.333 e. The van der Waals surface area contributed by atoms with Crippen molar-refractivity contribution in [3.05, 3.63) is 46.8 Å². The minimum Gasteiger partial charge on any atom is -0.333 e. The van der Waals surface area contributed by atoms with Gasteiger partial charge in [0.25, 0.3) is 0 Å². The van der Waals surface area contributed by atoms with Gasteiger partial charge in [-0.25, -0.2) is 22.1 Å².